The molecule has 2 aromatic rings. The van der Waals surface area contributed by atoms with E-state index in [-0.39, 0.29) is 6.04 Å². The fraction of sp³-hybridized carbons (Fsp3) is 0.375. The molecule has 1 N–H and O–H groups in total. The molecule has 114 valence electrons. The number of hydrogen-bond donors (Lipinski definition) is 1. The highest BCUT2D eigenvalue weighted by molar-refractivity contribution is 7.10. The highest BCUT2D eigenvalue weighted by atomic mass is 32.1. The molecular formula is C16H21NO3S. The first-order chi connectivity index (χ1) is 10.1. The minimum Gasteiger partial charge on any atom is -0.496 e. The van der Waals surface area contributed by atoms with E-state index in [1.54, 1.807) is 32.7 Å². The Morgan fingerprint density at radius 2 is 1.67 bits per heavy atom. The Balaban J connectivity index is 2.46. The molecule has 1 aromatic carbocycles. The number of aryl methyl sites for hydroxylation is 1. The van der Waals surface area contributed by atoms with Crippen molar-refractivity contribution in [3.8, 4) is 17.2 Å². The topological polar surface area (TPSA) is 39.7 Å². The second-order valence-electron chi connectivity index (χ2n) is 4.67. The van der Waals surface area contributed by atoms with Gasteiger partial charge in [0.25, 0.3) is 0 Å². The van der Waals surface area contributed by atoms with Crippen LogP contribution in [0.1, 0.15) is 22.0 Å². The Kier molecular flexibility index (Phi) is 5.09. The summed E-state index contributed by atoms with van der Waals surface area (Å²) in [5.74, 6) is 2.37. The third-order valence-corrected chi connectivity index (χ3v) is 4.46. The maximum absolute atomic E-state index is 5.41. The molecule has 0 aliphatic rings. The minimum absolute atomic E-state index is 0.0960. The molecule has 1 atom stereocenters. The van der Waals surface area contributed by atoms with E-state index in [1.165, 1.54) is 10.4 Å². The van der Waals surface area contributed by atoms with Crippen LogP contribution in [-0.2, 0) is 0 Å². The highest BCUT2D eigenvalue weighted by Gasteiger charge is 2.19. The van der Waals surface area contributed by atoms with Crippen LogP contribution in [0.25, 0.3) is 0 Å². The molecule has 0 fully saturated rings. The van der Waals surface area contributed by atoms with Gasteiger partial charge in [-0.05, 0) is 43.3 Å². The maximum atomic E-state index is 5.41. The second kappa shape index (κ2) is 6.83. The van der Waals surface area contributed by atoms with E-state index in [1.807, 2.05) is 24.6 Å². The third-order valence-electron chi connectivity index (χ3n) is 3.49. The summed E-state index contributed by atoms with van der Waals surface area (Å²) in [6.07, 6.45) is 0. The number of thiophene rings is 1. The Bertz CT molecular complexity index is 610. The van der Waals surface area contributed by atoms with Crippen molar-refractivity contribution in [3.05, 3.63) is 39.6 Å². The molecule has 0 radical (unpaired) electrons. The van der Waals surface area contributed by atoms with Gasteiger partial charge in [0.05, 0.1) is 27.4 Å². The van der Waals surface area contributed by atoms with Crippen molar-refractivity contribution < 1.29 is 14.2 Å². The number of ether oxygens (including phenoxy) is 3. The number of rotatable bonds is 6. The molecule has 4 nitrogen and oxygen atoms in total. The number of hydrogen-bond acceptors (Lipinski definition) is 5. The molecule has 0 spiro atoms. The smallest absolute Gasteiger partial charge is 0.161 e. The van der Waals surface area contributed by atoms with Crippen molar-refractivity contribution in [2.24, 2.45) is 0 Å². The van der Waals surface area contributed by atoms with Gasteiger partial charge < -0.3 is 19.5 Å². The van der Waals surface area contributed by atoms with Crippen LogP contribution in [-0.4, -0.2) is 28.4 Å². The SMILES string of the molecule is CNC(c1cc(OC)cs1)c1cc(OC)c(OC)cc1C. The largest absolute Gasteiger partial charge is 0.496 e. The van der Waals surface area contributed by atoms with Gasteiger partial charge in [-0.2, -0.15) is 0 Å². The number of benzene rings is 1. The molecule has 1 heterocycles. The molecule has 0 saturated heterocycles. The lowest BCUT2D eigenvalue weighted by Crippen LogP contribution is -2.17. The molecule has 5 heteroatoms. The van der Waals surface area contributed by atoms with Crippen LogP contribution in [0.4, 0.5) is 0 Å². The van der Waals surface area contributed by atoms with Crippen molar-refractivity contribution in [2.45, 2.75) is 13.0 Å². The zero-order valence-corrected chi connectivity index (χ0v) is 13.8. The summed E-state index contributed by atoms with van der Waals surface area (Å²) in [6.45, 7) is 2.08. The van der Waals surface area contributed by atoms with Crippen LogP contribution < -0.4 is 19.5 Å². The van der Waals surface area contributed by atoms with Gasteiger partial charge in [0.15, 0.2) is 11.5 Å². The van der Waals surface area contributed by atoms with E-state index in [4.69, 9.17) is 14.2 Å². The summed E-state index contributed by atoms with van der Waals surface area (Å²) in [4.78, 5) is 1.20. The van der Waals surface area contributed by atoms with Crippen molar-refractivity contribution in [1.29, 1.82) is 0 Å². The van der Waals surface area contributed by atoms with Crippen LogP contribution >= 0.6 is 11.3 Å². The highest BCUT2D eigenvalue weighted by Crippen LogP contribution is 2.37. The van der Waals surface area contributed by atoms with Crippen molar-refractivity contribution in [3.63, 3.8) is 0 Å². The molecule has 1 unspecified atom stereocenters. The lowest BCUT2D eigenvalue weighted by Gasteiger charge is -2.20. The van der Waals surface area contributed by atoms with E-state index in [0.29, 0.717) is 0 Å². The normalized spacial score (nSPS) is 12.0. The van der Waals surface area contributed by atoms with Gasteiger partial charge >= 0.3 is 0 Å². The number of methoxy groups -OCH3 is 3. The first-order valence-electron chi connectivity index (χ1n) is 6.66. The zero-order valence-electron chi connectivity index (χ0n) is 13.0. The van der Waals surface area contributed by atoms with Crippen molar-refractivity contribution >= 4 is 11.3 Å². The van der Waals surface area contributed by atoms with Gasteiger partial charge in [0.1, 0.15) is 5.75 Å². The van der Waals surface area contributed by atoms with Gasteiger partial charge in [-0.15, -0.1) is 11.3 Å². The van der Waals surface area contributed by atoms with E-state index in [0.717, 1.165) is 22.8 Å². The number of nitrogens with one attached hydrogen (secondary N) is 1. The first-order valence-corrected chi connectivity index (χ1v) is 7.54. The molecule has 0 aliphatic carbocycles. The summed E-state index contributed by atoms with van der Waals surface area (Å²) in [6, 6.07) is 6.19. The second-order valence-corrected chi connectivity index (χ2v) is 5.62. The quantitative estimate of drug-likeness (QED) is 0.888. The third kappa shape index (κ3) is 3.14. The average molecular weight is 307 g/mol. The maximum Gasteiger partial charge on any atom is 0.161 e. The van der Waals surface area contributed by atoms with E-state index < -0.39 is 0 Å². The summed E-state index contributed by atoms with van der Waals surface area (Å²) < 4.78 is 16.0. The van der Waals surface area contributed by atoms with E-state index >= 15 is 0 Å². The Morgan fingerprint density at radius 3 is 2.19 bits per heavy atom. The predicted molar refractivity (Wildman–Crippen MR) is 86.1 cm³/mol. The molecule has 0 amide bonds. The summed E-state index contributed by atoms with van der Waals surface area (Å²) >= 11 is 1.67. The molecule has 2 rings (SSSR count). The Labute approximate surface area is 129 Å². The fourth-order valence-electron chi connectivity index (χ4n) is 2.35. The van der Waals surface area contributed by atoms with Gasteiger partial charge in [0, 0.05) is 10.3 Å². The van der Waals surface area contributed by atoms with Gasteiger partial charge in [-0.25, -0.2) is 0 Å². The van der Waals surface area contributed by atoms with Crippen LogP contribution in [0.5, 0.6) is 17.2 Å². The minimum atomic E-state index is 0.0960. The lowest BCUT2D eigenvalue weighted by molar-refractivity contribution is 0.354. The van der Waals surface area contributed by atoms with Gasteiger partial charge in [-0.3, -0.25) is 0 Å². The first kappa shape index (κ1) is 15.7. The molecule has 0 saturated carbocycles. The summed E-state index contributed by atoms with van der Waals surface area (Å²) in [5, 5.41) is 5.37. The summed E-state index contributed by atoms with van der Waals surface area (Å²) in [5.41, 5.74) is 2.32. The fourth-order valence-corrected chi connectivity index (χ4v) is 3.33. The Morgan fingerprint density at radius 1 is 1.00 bits per heavy atom. The molecule has 0 bridgehead atoms. The van der Waals surface area contributed by atoms with Crippen LogP contribution in [0.3, 0.4) is 0 Å². The van der Waals surface area contributed by atoms with Gasteiger partial charge in [-0.1, -0.05) is 0 Å². The van der Waals surface area contributed by atoms with E-state index in [9.17, 15) is 0 Å². The average Bonchev–Trinajstić information content (AvgIpc) is 2.98. The van der Waals surface area contributed by atoms with E-state index in [2.05, 4.69) is 18.3 Å². The monoisotopic (exact) mass is 307 g/mol. The molecule has 21 heavy (non-hydrogen) atoms. The lowest BCUT2D eigenvalue weighted by atomic mass is 9.99. The molecule has 1 aromatic heterocycles. The van der Waals surface area contributed by atoms with Crippen molar-refractivity contribution in [2.75, 3.05) is 28.4 Å². The zero-order chi connectivity index (χ0) is 15.4. The molecular weight excluding hydrogens is 286 g/mol. The van der Waals surface area contributed by atoms with Crippen LogP contribution in [0.2, 0.25) is 0 Å². The van der Waals surface area contributed by atoms with Crippen LogP contribution in [0, 0.1) is 6.92 Å². The van der Waals surface area contributed by atoms with Crippen molar-refractivity contribution in [1.82, 2.24) is 5.32 Å². The summed E-state index contributed by atoms with van der Waals surface area (Å²) in [7, 11) is 6.94. The molecule has 0 aliphatic heterocycles. The predicted octanol–water partition coefficient (Wildman–Crippen LogP) is 3.39. The van der Waals surface area contributed by atoms with Gasteiger partial charge in [0.2, 0.25) is 0 Å². The standard InChI is InChI=1S/C16H21NO3S/c1-10-6-13(19-4)14(20-5)8-12(10)16(17-2)15-7-11(18-3)9-21-15/h6-9,16-17H,1-5H3. The Hall–Kier alpha value is -1.72. The van der Waals surface area contributed by atoms with Crippen LogP contribution in [0.15, 0.2) is 23.6 Å².